The van der Waals surface area contributed by atoms with E-state index in [2.05, 4.69) is 21.8 Å². The quantitative estimate of drug-likeness (QED) is 0.665. The van der Waals surface area contributed by atoms with Crippen LogP contribution in [0, 0.1) is 11.3 Å². The van der Waals surface area contributed by atoms with Gasteiger partial charge in [-0.2, -0.15) is 5.26 Å². The molecule has 0 amide bonds. The van der Waals surface area contributed by atoms with Gasteiger partial charge in [0, 0.05) is 33.2 Å². The zero-order valence-corrected chi connectivity index (χ0v) is 10.1. The summed E-state index contributed by atoms with van der Waals surface area (Å²) in [6, 6.07) is 2.02. The Morgan fingerprint density at radius 3 is 2.41 bits per heavy atom. The molecule has 0 radical (unpaired) electrons. The van der Waals surface area contributed by atoms with Crippen molar-refractivity contribution in [3.8, 4) is 6.07 Å². The summed E-state index contributed by atoms with van der Waals surface area (Å²) in [5.74, 6) is 0.705. The summed E-state index contributed by atoms with van der Waals surface area (Å²) < 4.78 is 1.69. The molecule has 1 aliphatic rings. The van der Waals surface area contributed by atoms with Crippen molar-refractivity contribution in [2.75, 3.05) is 38.1 Å². The van der Waals surface area contributed by atoms with Crippen LogP contribution in [0.5, 0.6) is 0 Å². The third-order valence-corrected chi connectivity index (χ3v) is 3.10. The van der Waals surface area contributed by atoms with E-state index in [1.165, 1.54) is 0 Å². The van der Waals surface area contributed by atoms with E-state index in [0.29, 0.717) is 17.9 Å². The molecule has 6 heteroatoms. The average Bonchev–Trinajstić information content (AvgIpc) is 2.66. The first kappa shape index (κ1) is 11.6. The van der Waals surface area contributed by atoms with Crippen LogP contribution in [0.3, 0.4) is 0 Å². The molecule has 0 aliphatic carbocycles. The number of hydrogen-bond donors (Lipinski definition) is 0. The number of anilines is 1. The van der Waals surface area contributed by atoms with Gasteiger partial charge < -0.3 is 14.4 Å². The van der Waals surface area contributed by atoms with E-state index >= 15 is 0 Å². The minimum absolute atomic E-state index is 0.226. The molecule has 1 aliphatic heterocycles. The van der Waals surface area contributed by atoms with E-state index in [1.807, 2.05) is 6.07 Å². The van der Waals surface area contributed by atoms with Crippen LogP contribution in [-0.4, -0.2) is 54.0 Å². The van der Waals surface area contributed by atoms with Crippen LogP contribution in [-0.2, 0) is 7.05 Å². The van der Waals surface area contributed by atoms with E-state index in [4.69, 9.17) is 5.26 Å². The maximum Gasteiger partial charge on any atom is 0.207 e. The molecule has 90 valence electrons. The van der Waals surface area contributed by atoms with Crippen molar-refractivity contribution in [1.29, 1.82) is 5.26 Å². The lowest BCUT2D eigenvalue weighted by Crippen LogP contribution is -2.45. The molecule has 1 fully saturated rings. The SMILES string of the molecule is CN1CCN(c2nc(C=O)c(C#N)n2C)CC1. The largest absolute Gasteiger partial charge is 0.340 e. The molecule has 1 saturated heterocycles. The summed E-state index contributed by atoms with van der Waals surface area (Å²) >= 11 is 0. The van der Waals surface area contributed by atoms with Crippen LogP contribution in [0.25, 0.3) is 0 Å². The van der Waals surface area contributed by atoms with Crippen molar-refractivity contribution in [1.82, 2.24) is 14.5 Å². The molecule has 2 rings (SSSR count). The number of likely N-dealkylation sites (N-methyl/N-ethyl adjacent to an activating group) is 1. The molecule has 0 bridgehead atoms. The fraction of sp³-hybridized carbons (Fsp3) is 0.545. The number of nitrogens with zero attached hydrogens (tertiary/aromatic N) is 5. The normalized spacial score (nSPS) is 16.9. The van der Waals surface area contributed by atoms with Crippen molar-refractivity contribution >= 4 is 12.2 Å². The van der Waals surface area contributed by atoms with Crippen molar-refractivity contribution < 1.29 is 4.79 Å². The molecule has 0 aromatic carbocycles. The Morgan fingerprint density at radius 1 is 1.29 bits per heavy atom. The summed E-state index contributed by atoms with van der Waals surface area (Å²) in [7, 11) is 3.85. The number of piperazine rings is 1. The van der Waals surface area contributed by atoms with Crippen LogP contribution >= 0.6 is 0 Å². The zero-order valence-electron chi connectivity index (χ0n) is 10.1. The van der Waals surface area contributed by atoms with Crippen molar-refractivity contribution in [2.45, 2.75) is 0 Å². The van der Waals surface area contributed by atoms with Gasteiger partial charge in [0.25, 0.3) is 0 Å². The molecule has 1 aromatic rings. The number of hydrogen-bond acceptors (Lipinski definition) is 5. The van der Waals surface area contributed by atoms with Gasteiger partial charge in [0.05, 0.1) is 0 Å². The van der Waals surface area contributed by atoms with Gasteiger partial charge in [-0.05, 0) is 7.05 Å². The highest BCUT2D eigenvalue weighted by Crippen LogP contribution is 2.18. The van der Waals surface area contributed by atoms with Gasteiger partial charge in [-0.25, -0.2) is 4.98 Å². The molecule has 17 heavy (non-hydrogen) atoms. The minimum atomic E-state index is 0.226. The number of carbonyl (C=O) groups is 1. The van der Waals surface area contributed by atoms with Crippen LogP contribution in [0.15, 0.2) is 0 Å². The Hall–Kier alpha value is -1.87. The maximum absolute atomic E-state index is 10.8. The van der Waals surface area contributed by atoms with Crippen molar-refractivity contribution in [3.05, 3.63) is 11.4 Å². The lowest BCUT2D eigenvalue weighted by molar-refractivity contribution is 0.111. The predicted octanol–water partition coefficient (Wildman–Crippen LogP) is -0.144. The number of aromatic nitrogens is 2. The monoisotopic (exact) mass is 233 g/mol. The molecular weight excluding hydrogens is 218 g/mol. The molecule has 0 N–H and O–H groups in total. The highest BCUT2D eigenvalue weighted by Gasteiger charge is 2.21. The van der Waals surface area contributed by atoms with Gasteiger partial charge in [-0.15, -0.1) is 0 Å². The number of nitriles is 1. The van der Waals surface area contributed by atoms with Gasteiger partial charge in [-0.3, -0.25) is 4.79 Å². The molecule has 0 spiro atoms. The van der Waals surface area contributed by atoms with E-state index in [-0.39, 0.29) is 5.69 Å². The fourth-order valence-electron chi connectivity index (χ4n) is 2.01. The van der Waals surface area contributed by atoms with Gasteiger partial charge in [-0.1, -0.05) is 0 Å². The molecule has 0 saturated carbocycles. The molecule has 0 unspecified atom stereocenters. The fourth-order valence-corrected chi connectivity index (χ4v) is 2.01. The third-order valence-electron chi connectivity index (χ3n) is 3.10. The maximum atomic E-state index is 10.8. The van der Waals surface area contributed by atoms with Crippen LogP contribution in [0.1, 0.15) is 16.2 Å². The number of imidazole rings is 1. The van der Waals surface area contributed by atoms with E-state index < -0.39 is 0 Å². The second-order valence-electron chi connectivity index (χ2n) is 4.22. The Morgan fingerprint density at radius 2 is 1.94 bits per heavy atom. The Bertz CT molecular complexity index is 465. The summed E-state index contributed by atoms with van der Waals surface area (Å²) in [5, 5.41) is 8.99. The zero-order chi connectivity index (χ0) is 12.4. The van der Waals surface area contributed by atoms with E-state index in [0.717, 1.165) is 26.2 Å². The van der Waals surface area contributed by atoms with E-state index in [1.54, 1.807) is 11.6 Å². The third kappa shape index (κ3) is 2.01. The number of rotatable bonds is 2. The molecule has 2 heterocycles. The van der Waals surface area contributed by atoms with Crippen LogP contribution in [0.2, 0.25) is 0 Å². The smallest absolute Gasteiger partial charge is 0.207 e. The second kappa shape index (κ2) is 4.55. The summed E-state index contributed by atoms with van der Waals surface area (Å²) in [6.45, 7) is 3.66. The Labute approximate surface area is 100 Å². The summed E-state index contributed by atoms with van der Waals surface area (Å²) in [6.07, 6.45) is 0.637. The molecule has 1 aromatic heterocycles. The molecule has 0 atom stereocenters. The summed E-state index contributed by atoms with van der Waals surface area (Å²) in [5.41, 5.74) is 0.554. The number of carbonyl (C=O) groups excluding carboxylic acids is 1. The molecular formula is C11H15N5O. The first-order valence-corrected chi connectivity index (χ1v) is 5.53. The highest BCUT2D eigenvalue weighted by molar-refractivity contribution is 5.76. The first-order valence-electron chi connectivity index (χ1n) is 5.53. The van der Waals surface area contributed by atoms with E-state index in [9.17, 15) is 4.79 Å². The van der Waals surface area contributed by atoms with Crippen LogP contribution < -0.4 is 4.90 Å². The standard InChI is InChI=1S/C11H15N5O/c1-14-3-5-16(6-4-14)11-13-9(8-17)10(7-12)15(11)2/h8H,3-6H2,1-2H3. The van der Waals surface area contributed by atoms with Gasteiger partial charge in [0.15, 0.2) is 12.0 Å². The lowest BCUT2D eigenvalue weighted by Gasteiger charge is -2.32. The van der Waals surface area contributed by atoms with Crippen molar-refractivity contribution in [2.24, 2.45) is 7.05 Å². The molecule has 6 nitrogen and oxygen atoms in total. The number of aldehydes is 1. The van der Waals surface area contributed by atoms with Gasteiger partial charge >= 0.3 is 0 Å². The first-order chi connectivity index (χ1) is 8.17. The second-order valence-corrected chi connectivity index (χ2v) is 4.22. The van der Waals surface area contributed by atoms with Crippen LogP contribution in [0.4, 0.5) is 5.95 Å². The van der Waals surface area contributed by atoms with Crippen molar-refractivity contribution in [3.63, 3.8) is 0 Å². The minimum Gasteiger partial charge on any atom is -0.340 e. The predicted molar refractivity (Wildman–Crippen MR) is 63.0 cm³/mol. The Kier molecular flexibility index (Phi) is 3.11. The Balaban J connectivity index is 2.30. The lowest BCUT2D eigenvalue weighted by atomic mass is 10.3. The topological polar surface area (TPSA) is 65.2 Å². The average molecular weight is 233 g/mol. The highest BCUT2D eigenvalue weighted by atomic mass is 16.1. The van der Waals surface area contributed by atoms with Gasteiger partial charge in [0.2, 0.25) is 5.95 Å². The summed E-state index contributed by atoms with van der Waals surface area (Å²) in [4.78, 5) is 19.4. The van der Waals surface area contributed by atoms with Gasteiger partial charge in [0.1, 0.15) is 11.8 Å².